The van der Waals surface area contributed by atoms with Crippen LogP contribution < -0.4 is 0 Å². The van der Waals surface area contributed by atoms with Gasteiger partial charge in [0, 0.05) is 25.8 Å². The summed E-state index contributed by atoms with van der Waals surface area (Å²) in [6, 6.07) is 18.5. The Morgan fingerprint density at radius 1 is 0.833 bits per heavy atom. The summed E-state index contributed by atoms with van der Waals surface area (Å²) in [7, 11) is 0. The molecule has 0 amide bonds. The van der Waals surface area contributed by atoms with Gasteiger partial charge in [-0.15, -0.1) is 11.6 Å². The predicted molar refractivity (Wildman–Crippen MR) is 114 cm³/mol. The van der Waals surface area contributed by atoms with Crippen molar-refractivity contribution in [3.63, 3.8) is 0 Å². The van der Waals surface area contributed by atoms with E-state index in [0.29, 0.717) is 5.92 Å². The van der Waals surface area contributed by atoms with Gasteiger partial charge in [0.25, 0.3) is 0 Å². The molecule has 0 radical (unpaired) electrons. The molecule has 1 unspecified atom stereocenters. The first-order chi connectivity index (χ1) is 7.92. The van der Waals surface area contributed by atoms with Crippen LogP contribution in [0, 0.1) is 58.1 Å². The van der Waals surface area contributed by atoms with E-state index in [1.165, 1.54) is 11.1 Å². The van der Waals surface area contributed by atoms with Gasteiger partial charge in [-0.1, -0.05) is 37.5 Å². The average molecular weight is 492 g/mol. The standard InChI is InChI=1S/C11H11.C5H5.7CH3.Hf/c1-2-9-7-8-10-5-3-4-6-11(9)10;1-2-4-5-3-1;;;;;;;;/h3-6,8-9H,2H2,1H3;1-5H;7*1H3;/q9*-1;. The van der Waals surface area contributed by atoms with Gasteiger partial charge in [-0.3, -0.25) is 6.08 Å². The van der Waals surface area contributed by atoms with Gasteiger partial charge in [0.15, 0.2) is 0 Å². The van der Waals surface area contributed by atoms with Crippen LogP contribution in [0.4, 0.5) is 0 Å². The van der Waals surface area contributed by atoms with Gasteiger partial charge in [-0.25, -0.2) is 18.2 Å². The summed E-state index contributed by atoms with van der Waals surface area (Å²) in [5.74, 6) is 0.547. The zero-order valence-electron chi connectivity index (χ0n) is 17.1. The maximum Gasteiger partial charge on any atom is 0 e. The summed E-state index contributed by atoms with van der Waals surface area (Å²) < 4.78 is 0. The number of benzene rings is 1. The largest absolute Gasteiger partial charge is 0.358 e. The molecule has 0 spiro atoms. The van der Waals surface area contributed by atoms with Crippen molar-refractivity contribution in [2.24, 2.45) is 0 Å². The van der Waals surface area contributed by atoms with Crippen molar-refractivity contribution in [2.45, 2.75) is 19.3 Å². The molecule has 24 heavy (non-hydrogen) atoms. The van der Waals surface area contributed by atoms with Gasteiger partial charge < -0.3 is 52.0 Å². The molecule has 3 rings (SSSR count). The maximum atomic E-state index is 3.35. The molecule has 1 aliphatic rings. The van der Waals surface area contributed by atoms with Gasteiger partial charge in [0.1, 0.15) is 0 Å². The van der Waals surface area contributed by atoms with Crippen molar-refractivity contribution in [3.8, 4) is 0 Å². The zero-order valence-corrected chi connectivity index (χ0v) is 20.7. The molecule has 142 valence electrons. The molecule has 0 nitrogen and oxygen atoms in total. The van der Waals surface area contributed by atoms with Gasteiger partial charge in [-0.05, 0) is 0 Å². The molecule has 1 aliphatic carbocycles. The monoisotopic (exact) mass is 493 g/mol. The SMILES string of the molecule is CCC1[C-]=Cc2ccccc21.[CH3-].[CH3-].[CH3-].[CH3-].[CH3-].[CH3-].[CH3-].[Hf].c1cc[cH-]c1. The Bertz CT molecular complexity index is 424. The molecule has 0 aromatic heterocycles. The molecule has 0 aliphatic heterocycles. The number of fused-ring (bicyclic) bond motifs is 1. The molecule has 1 atom stereocenters. The van der Waals surface area contributed by atoms with E-state index < -0.39 is 0 Å². The average Bonchev–Trinajstić information content (AvgIpc) is 3.02. The van der Waals surface area contributed by atoms with Gasteiger partial charge in [0.05, 0.1) is 0 Å². The van der Waals surface area contributed by atoms with E-state index in [9.17, 15) is 0 Å². The molecule has 0 heterocycles. The van der Waals surface area contributed by atoms with E-state index >= 15 is 0 Å². The van der Waals surface area contributed by atoms with Crippen LogP contribution in [0.5, 0.6) is 0 Å². The number of hydrogen-bond donors (Lipinski definition) is 0. The van der Waals surface area contributed by atoms with Crippen molar-refractivity contribution in [1.82, 2.24) is 0 Å². The van der Waals surface area contributed by atoms with Crippen molar-refractivity contribution in [2.75, 3.05) is 0 Å². The molecular weight excluding hydrogens is 455 g/mol. The minimum Gasteiger partial charge on any atom is -0.358 e. The van der Waals surface area contributed by atoms with Crippen LogP contribution in [0.25, 0.3) is 6.08 Å². The van der Waals surface area contributed by atoms with Crippen LogP contribution in [0.3, 0.4) is 0 Å². The summed E-state index contributed by atoms with van der Waals surface area (Å²) >= 11 is 0. The summed E-state index contributed by atoms with van der Waals surface area (Å²) in [5, 5.41) is 0. The van der Waals surface area contributed by atoms with E-state index in [2.05, 4.69) is 43.3 Å². The van der Waals surface area contributed by atoms with E-state index in [1.807, 2.05) is 30.3 Å². The zero-order chi connectivity index (χ0) is 11.2. The maximum absolute atomic E-state index is 3.35. The third-order valence-electron chi connectivity index (χ3n) is 2.78. The van der Waals surface area contributed by atoms with Gasteiger partial charge >= 0.3 is 0 Å². The molecule has 0 saturated heterocycles. The number of allylic oxidation sites excluding steroid dienone is 1. The summed E-state index contributed by atoms with van der Waals surface area (Å²) in [5.41, 5.74) is 2.79. The molecule has 2 aromatic rings. The number of rotatable bonds is 1. The van der Waals surface area contributed by atoms with Gasteiger partial charge in [0.2, 0.25) is 0 Å². The van der Waals surface area contributed by atoms with Crippen molar-refractivity contribution in [1.29, 1.82) is 0 Å². The van der Waals surface area contributed by atoms with Crippen LogP contribution in [0.1, 0.15) is 30.4 Å². The molecule has 0 saturated carbocycles. The van der Waals surface area contributed by atoms with Crippen molar-refractivity contribution < 1.29 is 25.8 Å². The first-order valence-corrected chi connectivity index (χ1v) is 5.76. The Morgan fingerprint density at radius 3 is 1.75 bits per heavy atom. The molecular formula is C23H37Hf-9. The van der Waals surface area contributed by atoms with Crippen LogP contribution in [0.2, 0.25) is 0 Å². The van der Waals surface area contributed by atoms with Gasteiger partial charge in [-0.2, -0.15) is 23.8 Å². The molecule has 1 heteroatoms. The first-order valence-electron chi connectivity index (χ1n) is 5.76. The first kappa shape index (κ1) is 43.6. The summed E-state index contributed by atoms with van der Waals surface area (Å²) in [6.07, 6.45) is 6.61. The third-order valence-corrected chi connectivity index (χ3v) is 2.78. The minimum absolute atomic E-state index is 0. The Morgan fingerprint density at radius 2 is 1.33 bits per heavy atom. The Hall–Kier alpha value is -0.820. The second-order valence-corrected chi connectivity index (χ2v) is 3.86. The van der Waals surface area contributed by atoms with E-state index in [1.54, 1.807) is 0 Å². The van der Waals surface area contributed by atoms with Crippen molar-refractivity contribution in [3.05, 3.63) is 124 Å². The smallest absolute Gasteiger partial charge is 0 e. The molecule has 0 bridgehead atoms. The van der Waals surface area contributed by atoms with Crippen LogP contribution in [-0.2, 0) is 25.8 Å². The normalized spacial score (nSPS) is 11.0. The fourth-order valence-corrected chi connectivity index (χ4v) is 1.90. The van der Waals surface area contributed by atoms with Crippen LogP contribution in [0.15, 0.2) is 54.6 Å². The van der Waals surface area contributed by atoms with Crippen LogP contribution >= 0.6 is 0 Å². The fraction of sp³-hybridized carbons (Fsp3) is 0.130. The second kappa shape index (κ2) is 24.4. The summed E-state index contributed by atoms with van der Waals surface area (Å²) in [6.45, 7) is 2.20. The minimum atomic E-state index is 0. The van der Waals surface area contributed by atoms with E-state index in [0.717, 1.165) is 6.42 Å². The molecule has 2 aromatic carbocycles. The van der Waals surface area contributed by atoms with E-state index in [-0.39, 0.29) is 77.8 Å². The number of hydrogen-bond acceptors (Lipinski definition) is 0. The topological polar surface area (TPSA) is 0 Å². The molecule has 0 fully saturated rings. The van der Waals surface area contributed by atoms with E-state index in [4.69, 9.17) is 0 Å². The quantitative estimate of drug-likeness (QED) is 0.285. The third kappa shape index (κ3) is 12.6. The van der Waals surface area contributed by atoms with Crippen molar-refractivity contribution >= 4 is 6.08 Å². The predicted octanol–water partition coefficient (Wildman–Crippen LogP) is 7.57. The van der Waals surface area contributed by atoms with Crippen LogP contribution in [-0.4, -0.2) is 0 Å². The molecule has 0 N–H and O–H groups in total. The Balaban J connectivity index is -0.0000000403. The second-order valence-electron chi connectivity index (χ2n) is 3.86. The Kier molecular flexibility index (Phi) is 44.3. The fourth-order valence-electron chi connectivity index (χ4n) is 1.90. The summed E-state index contributed by atoms with van der Waals surface area (Å²) in [4.78, 5) is 0. The Labute approximate surface area is 174 Å².